The van der Waals surface area contributed by atoms with Crippen molar-refractivity contribution in [2.24, 2.45) is 5.92 Å². The van der Waals surface area contributed by atoms with Crippen molar-refractivity contribution in [1.29, 1.82) is 0 Å². The fourth-order valence-electron chi connectivity index (χ4n) is 3.56. The van der Waals surface area contributed by atoms with Crippen LogP contribution >= 0.6 is 0 Å². The average Bonchev–Trinajstić information content (AvgIpc) is 3.00. The second-order valence-electron chi connectivity index (χ2n) is 8.13. The third-order valence-corrected chi connectivity index (χ3v) is 5.11. The second kappa shape index (κ2) is 9.12. The van der Waals surface area contributed by atoms with Crippen LogP contribution in [-0.2, 0) is 14.3 Å². The van der Waals surface area contributed by atoms with Crippen molar-refractivity contribution >= 4 is 23.7 Å². The summed E-state index contributed by atoms with van der Waals surface area (Å²) in [5.74, 6) is -2.25. The molecule has 7 nitrogen and oxygen atoms in total. The van der Waals surface area contributed by atoms with Crippen LogP contribution in [0.4, 0.5) is 0 Å². The van der Waals surface area contributed by atoms with Crippen LogP contribution in [0, 0.1) is 5.92 Å². The Morgan fingerprint density at radius 3 is 1.90 bits per heavy atom. The molecular formula is C24H26N2O5. The number of esters is 1. The highest BCUT2D eigenvalue weighted by Gasteiger charge is 2.44. The Labute approximate surface area is 181 Å². The number of amides is 3. The normalized spacial score (nSPS) is 14.9. The van der Waals surface area contributed by atoms with E-state index in [0.717, 1.165) is 4.90 Å². The number of hydrogen-bond donors (Lipinski definition) is 0. The Morgan fingerprint density at radius 2 is 1.42 bits per heavy atom. The predicted molar refractivity (Wildman–Crippen MR) is 114 cm³/mol. The SMILES string of the molecule is CC(C)C[C@H](C(=O)O[C@@H](C(=O)N(C)C)c1ccccc1)N1C(=O)c2ccccc2C1=O. The fourth-order valence-corrected chi connectivity index (χ4v) is 3.56. The van der Waals surface area contributed by atoms with E-state index in [9.17, 15) is 19.2 Å². The molecule has 7 heteroatoms. The van der Waals surface area contributed by atoms with Crippen molar-refractivity contribution in [1.82, 2.24) is 9.80 Å². The minimum atomic E-state index is -1.17. The number of nitrogens with zero attached hydrogens (tertiary/aromatic N) is 2. The van der Waals surface area contributed by atoms with E-state index < -0.39 is 35.8 Å². The highest BCUT2D eigenvalue weighted by molar-refractivity contribution is 6.22. The molecule has 3 amide bonds. The van der Waals surface area contributed by atoms with Crippen molar-refractivity contribution < 1.29 is 23.9 Å². The third kappa shape index (κ3) is 4.50. The highest BCUT2D eigenvalue weighted by Crippen LogP contribution is 2.29. The van der Waals surface area contributed by atoms with E-state index in [1.54, 1.807) is 68.7 Å². The molecule has 2 aromatic rings. The second-order valence-corrected chi connectivity index (χ2v) is 8.13. The summed E-state index contributed by atoms with van der Waals surface area (Å²) >= 11 is 0. The van der Waals surface area contributed by atoms with Gasteiger partial charge in [0.2, 0.25) is 6.10 Å². The summed E-state index contributed by atoms with van der Waals surface area (Å²) in [4.78, 5) is 54.2. The van der Waals surface area contributed by atoms with Gasteiger partial charge in [-0.2, -0.15) is 0 Å². The van der Waals surface area contributed by atoms with Gasteiger partial charge in [0.05, 0.1) is 11.1 Å². The maximum Gasteiger partial charge on any atom is 0.330 e. The van der Waals surface area contributed by atoms with Crippen LogP contribution in [0.3, 0.4) is 0 Å². The summed E-state index contributed by atoms with van der Waals surface area (Å²) in [6.07, 6.45) is -0.948. The first-order valence-corrected chi connectivity index (χ1v) is 10.2. The number of carbonyl (C=O) groups is 4. The summed E-state index contributed by atoms with van der Waals surface area (Å²) in [5, 5.41) is 0. The van der Waals surface area contributed by atoms with Gasteiger partial charge < -0.3 is 9.64 Å². The molecule has 0 saturated carbocycles. The number of fused-ring (bicyclic) bond motifs is 1. The first-order valence-electron chi connectivity index (χ1n) is 10.2. The highest BCUT2D eigenvalue weighted by atomic mass is 16.6. The van der Waals surface area contributed by atoms with E-state index in [1.165, 1.54) is 4.90 Å². The summed E-state index contributed by atoms with van der Waals surface area (Å²) in [5.41, 5.74) is 1.04. The van der Waals surface area contributed by atoms with Gasteiger partial charge >= 0.3 is 5.97 Å². The van der Waals surface area contributed by atoms with Crippen molar-refractivity contribution in [3.8, 4) is 0 Å². The van der Waals surface area contributed by atoms with E-state index in [2.05, 4.69) is 0 Å². The maximum absolute atomic E-state index is 13.3. The third-order valence-electron chi connectivity index (χ3n) is 5.11. The molecule has 0 unspecified atom stereocenters. The van der Waals surface area contributed by atoms with Gasteiger partial charge in [0.1, 0.15) is 6.04 Å². The van der Waals surface area contributed by atoms with Crippen LogP contribution in [0.25, 0.3) is 0 Å². The largest absolute Gasteiger partial charge is 0.446 e. The summed E-state index contributed by atoms with van der Waals surface area (Å²) < 4.78 is 5.65. The van der Waals surface area contributed by atoms with E-state index >= 15 is 0 Å². The van der Waals surface area contributed by atoms with Crippen LogP contribution in [0.1, 0.15) is 52.7 Å². The zero-order chi connectivity index (χ0) is 22.7. The first-order chi connectivity index (χ1) is 14.7. The number of likely N-dealkylation sites (N-methyl/N-ethyl adjacent to an activating group) is 1. The Kier molecular flexibility index (Phi) is 6.53. The van der Waals surface area contributed by atoms with Crippen LogP contribution in [0.5, 0.6) is 0 Å². The molecule has 0 fully saturated rings. The molecule has 2 aromatic carbocycles. The lowest BCUT2D eigenvalue weighted by Crippen LogP contribution is -2.47. The number of carbonyl (C=O) groups excluding carboxylic acids is 4. The van der Waals surface area contributed by atoms with E-state index in [1.807, 2.05) is 13.8 Å². The molecule has 1 aliphatic rings. The fraction of sp³-hybridized carbons (Fsp3) is 0.333. The monoisotopic (exact) mass is 422 g/mol. The molecule has 1 aliphatic heterocycles. The molecule has 3 rings (SSSR count). The topological polar surface area (TPSA) is 84.0 Å². The Morgan fingerprint density at radius 1 is 0.903 bits per heavy atom. The van der Waals surface area contributed by atoms with E-state index in [0.29, 0.717) is 5.56 Å². The van der Waals surface area contributed by atoms with Gasteiger partial charge in [-0.3, -0.25) is 19.3 Å². The van der Waals surface area contributed by atoms with Crippen molar-refractivity contribution in [2.75, 3.05) is 14.1 Å². The lowest BCUT2D eigenvalue weighted by Gasteiger charge is -2.28. The van der Waals surface area contributed by atoms with Crippen molar-refractivity contribution in [3.05, 3.63) is 71.3 Å². The standard InChI is InChI=1S/C24H26N2O5/c1-15(2)14-19(26-21(27)17-12-8-9-13-18(17)22(26)28)24(30)31-20(23(29)25(3)4)16-10-6-5-7-11-16/h5-13,15,19-20H,14H2,1-4H3/t19-,20-/m1/s1. The van der Waals surface area contributed by atoms with Crippen LogP contribution in [0.15, 0.2) is 54.6 Å². The van der Waals surface area contributed by atoms with Gasteiger partial charge in [-0.25, -0.2) is 4.79 Å². The molecule has 2 atom stereocenters. The van der Waals surface area contributed by atoms with Gasteiger partial charge in [0.25, 0.3) is 17.7 Å². The minimum Gasteiger partial charge on any atom is -0.446 e. The summed E-state index contributed by atoms with van der Waals surface area (Å²) in [7, 11) is 3.14. The zero-order valence-corrected chi connectivity index (χ0v) is 18.1. The Balaban J connectivity index is 1.94. The average molecular weight is 422 g/mol. The lowest BCUT2D eigenvalue weighted by molar-refractivity contribution is -0.163. The van der Waals surface area contributed by atoms with Crippen LogP contribution in [-0.4, -0.2) is 53.6 Å². The first kappa shape index (κ1) is 22.2. The minimum absolute atomic E-state index is 0.00147. The van der Waals surface area contributed by atoms with Crippen LogP contribution in [0.2, 0.25) is 0 Å². The number of benzene rings is 2. The molecule has 0 N–H and O–H groups in total. The maximum atomic E-state index is 13.3. The van der Waals surface area contributed by atoms with Gasteiger partial charge in [0, 0.05) is 19.7 Å². The summed E-state index contributed by atoms with van der Waals surface area (Å²) in [6.45, 7) is 3.77. The number of hydrogen-bond acceptors (Lipinski definition) is 5. The van der Waals surface area contributed by atoms with Gasteiger partial charge in [-0.1, -0.05) is 56.3 Å². The molecular weight excluding hydrogens is 396 g/mol. The molecule has 0 spiro atoms. The molecule has 1 heterocycles. The molecule has 162 valence electrons. The Hall–Kier alpha value is -3.48. The molecule has 0 aromatic heterocycles. The Bertz CT molecular complexity index is 965. The van der Waals surface area contributed by atoms with Gasteiger partial charge in [0.15, 0.2) is 0 Å². The summed E-state index contributed by atoms with van der Waals surface area (Å²) in [6, 6.07) is 14.0. The smallest absolute Gasteiger partial charge is 0.330 e. The van der Waals surface area contributed by atoms with E-state index in [-0.39, 0.29) is 23.5 Å². The lowest BCUT2D eigenvalue weighted by atomic mass is 10.0. The van der Waals surface area contributed by atoms with E-state index in [4.69, 9.17) is 4.74 Å². The molecule has 0 aliphatic carbocycles. The number of ether oxygens (including phenoxy) is 1. The van der Waals surface area contributed by atoms with Crippen molar-refractivity contribution in [2.45, 2.75) is 32.4 Å². The number of imide groups is 1. The van der Waals surface area contributed by atoms with Gasteiger partial charge in [-0.05, 0) is 24.5 Å². The molecule has 0 bridgehead atoms. The quantitative estimate of drug-likeness (QED) is 0.506. The zero-order valence-electron chi connectivity index (χ0n) is 18.1. The van der Waals surface area contributed by atoms with Crippen LogP contribution < -0.4 is 0 Å². The predicted octanol–water partition coefficient (Wildman–Crippen LogP) is 3.07. The molecule has 0 radical (unpaired) electrons. The number of rotatable bonds is 7. The molecule has 31 heavy (non-hydrogen) atoms. The van der Waals surface area contributed by atoms with Crippen molar-refractivity contribution in [3.63, 3.8) is 0 Å². The molecule has 0 saturated heterocycles. The van der Waals surface area contributed by atoms with Gasteiger partial charge in [-0.15, -0.1) is 0 Å².